The van der Waals surface area contributed by atoms with Crippen LogP contribution in [-0.4, -0.2) is 16.0 Å². The van der Waals surface area contributed by atoms with Crippen molar-refractivity contribution >= 4 is 22.5 Å². The van der Waals surface area contributed by atoms with Gasteiger partial charge in [-0.05, 0) is 42.8 Å². The normalized spacial score (nSPS) is 10.5. The first-order valence-corrected chi connectivity index (χ1v) is 6.60. The first-order chi connectivity index (χ1) is 10.2. The number of aryl methyl sites for hydroxylation is 1. The zero-order valence-electron chi connectivity index (χ0n) is 11.5. The van der Waals surface area contributed by atoms with Gasteiger partial charge in [-0.1, -0.05) is 18.2 Å². The number of anilines is 1. The van der Waals surface area contributed by atoms with Crippen molar-refractivity contribution in [2.24, 2.45) is 0 Å². The molecule has 0 atom stereocenters. The average Bonchev–Trinajstić information content (AvgIpc) is 2.51. The van der Waals surface area contributed by atoms with E-state index in [9.17, 15) is 9.90 Å². The van der Waals surface area contributed by atoms with E-state index >= 15 is 0 Å². The van der Waals surface area contributed by atoms with Crippen LogP contribution < -0.4 is 5.32 Å². The van der Waals surface area contributed by atoms with Crippen LogP contribution in [0.4, 0.5) is 5.69 Å². The van der Waals surface area contributed by atoms with Crippen LogP contribution in [0.5, 0.6) is 5.75 Å². The smallest absolute Gasteiger partial charge is 0.259 e. The molecule has 21 heavy (non-hydrogen) atoms. The Morgan fingerprint density at radius 3 is 2.71 bits per heavy atom. The molecule has 1 heterocycles. The third-order valence-corrected chi connectivity index (χ3v) is 3.37. The molecule has 0 aliphatic rings. The van der Waals surface area contributed by atoms with Gasteiger partial charge in [-0.2, -0.15) is 0 Å². The number of rotatable bonds is 2. The van der Waals surface area contributed by atoms with E-state index in [1.807, 2.05) is 31.2 Å². The Labute approximate surface area is 122 Å². The Balaban J connectivity index is 2.01. The Morgan fingerprint density at radius 1 is 1.10 bits per heavy atom. The van der Waals surface area contributed by atoms with E-state index in [0.717, 1.165) is 16.5 Å². The zero-order chi connectivity index (χ0) is 14.8. The van der Waals surface area contributed by atoms with Gasteiger partial charge in [0.1, 0.15) is 5.75 Å². The lowest BCUT2D eigenvalue weighted by Gasteiger charge is -2.10. The summed E-state index contributed by atoms with van der Waals surface area (Å²) in [5.74, 6) is -0.383. The third-order valence-electron chi connectivity index (χ3n) is 3.37. The SMILES string of the molecule is Cc1ccc(NC(=O)c2ccccc2O)c2cccnc12. The molecule has 0 saturated carbocycles. The standard InChI is InChI=1S/C17H14N2O2/c1-11-8-9-14(12-6-4-10-18-16(11)12)19-17(21)13-5-2-3-7-15(13)20/h2-10,20H,1H3,(H,19,21). The van der Waals surface area contributed by atoms with Crippen molar-refractivity contribution in [1.82, 2.24) is 4.98 Å². The highest BCUT2D eigenvalue weighted by molar-refractivity contribution is 6.10. The van der Waals surface area contributed by atoms with Gasteiger partial charge in [-0.3, -0.25) is 9.78 Å². The molecule has 0 aliphatic carbocycles. The molecule has 3 aromatic rings. The van der Waals surface area contributed by atoms with Gasteiger partial charge in [0.25, 0.3) is 5.91 Å². The van der Waals surface area contributed by atoms with E-state index in [0.29, 0.717) is 5.69 Å². The Hall–Kier alpha value is -2.88. The molecule has 104 valence electrons. The first kappa shape index (κ1) is 13.1. The van der Waals surface area contributed by atoms with E-state index in [1.165, 1.54) is 6.07 Å². The van der Waals surface area contributed by atoms with Gasteiger partial charge in [-0.25, -0.2) is 0 Å². The quantitative estimate of drug-likeness (QED) is 0.754. The van der Waals surface area contributed by atoms with Crippen molar-refractivity contribution in [3.63, 3.8) is 0 Å². The lowest BCUT2D eigenvalue weighted by atomic mass is 10.1. The summed E-state index contributed by atoms with van der Waals surface area (Å²) < 4.78 is 0. The summed E-state index contributed by atoms with van der Waals surface area (Å²) in [6.45, 7) is 1.98. The Morgan fingerprint density at radius 2 is 1.90 bits per heavy atom. The van der Waals surface area contributed by atoms with Crippen molar-refractivity contribution in [1.29, 1.82) is 0 Å². The fraction of sp³-hybridized carbons (Fsp3) is 0.0588. The lowest BCUT2D eigenvalue weighted by Crippen LogP contribution is -2.12. The second-order valence-corrected chi connectivity index (χ2v) is 4.80. The maximum Gasteiger partial charge on any atom is 0.259 e. The number of aromatic hydroxyl groups is 1. The lowest BCUT2D eigenvalue weighted by molar-refractivity contribution is 0.102. The number of nitrogens with one attached hydrogen (secondary N) is 1. The molecule has 0 saturated heterocycles. The van der Waals surface area contributed by atoms with Crippen LogP contribution in [0, 0.1) is 6.92 Å². The highest BCUT2D eigenvalue weighted by Gasteiger charge is 2.12. The number of hydrogen-bond donors (Lipinski definition) is 2. The minimum Gasteiger partial charge on any atom is -0.507 e. The van der Waals surface area contributed by atoms with Gasteiger partial charge >= 0.3 is 0 Å². The third kappa shape index (κ3) is 2.43. The molecule has 3 rings (SSSR count). The molecular formula is C17H14N2O2. The van der Waals surface area contributed by atoms with Crippen LogP contribution in [-0.2, 0) is 0 Å². The second kappa shape index (κ2) is 5.25. The van der Waals surface area contributed by atoms with Gasteiger partial charge < -0.3 is 10.4 Å². The minimum absolute atomic E-state index is 0.0375. The van der Waals surface area contributed by atoms with E-state index in [2.05, 4.69) is 10.3 Å². The van der Waals surface area contributed by atoms with Crippen molar-refractivity contribution < 1.29 is 9.90 Å². The molecule has 0 radical (unpaired) electrons. The van der Waals surface area contributed by atoms with Gasteiger partial charge in [-0.15, -0.1) is 0 Å². The summed E-state index contributed by atoms with van der Waals surface area (Å²) in [4.78, 5) is 16.6. The number of carbonyl (C=O) groups is 1. The summed E-state index contributed by atoms with van der Waals surface area (Å²) in [6, 6.07) is 14.0. The van der Waals surface area contributed by atoms with Crippen molar-refractivity contribution in [2.45, 2.75) is 6.92 Å². The van der Waals surface area contributed by atoms with Gasteiger partial charge in [0.15, 0.2) is 0 Å². The minimum atomic E-state index is -0.345. The summed E-state index contributed by atoms with van der Waals surface area (Å²) in [5.41, 5.74) is 2.82. The fourth-order valence-electron chi connectivity index (χ4n) is 2.28. The zero-order valence-corrected chi connectivity index (χ0v) is 11.5. The van der Waals surface area contributed by atoms with E-state index in [1.54, 1.807) is 24.4 Å². The van der Waals surface area contributed by atoms with Crippen molar-refractivity contribution in [3.8, 4) is 5.75 Å². The van der Waals surface area contributed by atoms with E-state index in [4.69, 9.17) is 0 Å². The molecule has 2 aromatic carbocycles. The van der Waals surface area contributed by atoms with Crippen LogP contribution in [0.1, 0.15) is 15.9 Å². The predicted molar refractivity (Wildman–Crippen MR) is 82.5 cm³/mol. The number of pyridine rings is 1. The summed E-state index contributed by atoms with van der Waals surface area (Å²) >= 11 is 0. The van der Waals surface area contributed by atoms with Crippen LogP contribution in [0.2, 0.25) is 0 Å². The van der Waals surface area contributed by atoms with Gasteiger partial charge in [0.05, 0.1) is 16.8 Å². The number of nitrogens with zero attached hydrogens (tertiary/aromatic N) is 1. The number of benzene rings is 2. The first-order valence-electron chi connectivity index (χ1n) is 6.60. The second-order valence-electron chi connectivity index (χ2n) is 4.80. The predicted octanol–water partition coefficient (Wildman–Crippen LogP) is 3.50. The highest BCUT2D eigenvalue weighted by atomic mass is 16.3. The summed E-state index contributed by atoms with van der Waals surface area (Å²) in [7, 11) is 0. The number of phenols is 1. The number of amides is 1. The fourth-order valence-corrected chi connectivity index (χ4v) is 2.28. The highest BCUT2D eigenvalue weighted by Crippen LogP contribution is 2.26. The molecule has 0 fully saturated rings. The number of phenolic OH excluding ortho intramolecular Hbond substituents is 1. The number of fused-ring (bicyclic) bond motifs is 1. The topological polar surface area (TPSA) is 62.2 Å². The number of para-hydroxylation sites is 1. The molecule has 4 heteroatoms. The maximum absolute atomic E-state index is 12.3. The van der Waals surface area contributed by atoms with E-state index in [-0.39, 0.29) is 17.2 Å². The van der Waals surface area contributed by atoms with Crippen molar-refractivity contribution in [3.05, 3.63) is 65.9 Å². The van der Waals surface area contributed by atoms with Crippen LogP contribution >= 0.6 is 0 Å². The molecule has 0 spiro atoms. The molecule has 1 amide bonds. The molecule has 0 unspecified atom stereocenters. The van der Waals surface area contributed by atoms with Crippen LogP contribution in [0.25, 0.3) is 10.9 Å². The van der Waals surface area contributed by atoms with E-state index < -0.39 is 0 Å². The van der Waals surface area contributed by atoms with Gasteiger partial charge in [0, 0.05) is 11.6 Å². The van der Waals surface area contributed by atoms with Crippen LogP contribution in [0.15, 0.2) is 54.7 Å². The van der Waals surface area contributed by atoms with Crippen molar-refractivity contribution in [2.75, 3.05) is 5.32 Å². The summed E-state index contributed by atoms with van der Waals surface area (Å²) in [6.07, 6.45) is 1.73. The number of carbonyl (C=O) groups excluding carboxylic acids is 1. The maximum atomic E-state index is 12.3. The van der Waals surface area contributed by atoms with Crippen LogP contribution in [0.3, 0.4) is 0 Å². The largest absolute Gasteiger partial charge is 0.507 e. The average molecular weight is 278 g/mol. The molecule has 2 N–H and O–H groups in total. The Bertz CT molecular complexity index is 828. The molecule has 4 nitrogen and oxygen atoms in total. The molecule has 0 bridgehead atoms. The summed E-state index contributed by atoms with van der Waals surface area (Å²) in [5, 5.41) is 13.4. The van der Waals surface area contributed by atoms with Gasteiger partial charge in [0.2, 0.25) is 0 Å². The molecule has 1 aromatic heterocycles. The number of aromatic nitrogens is 1. The molecular weight excluding hydrogens is 264 g/mol. The Kier molecular flexibility index (Phi) is 3.28. The number of hydrogen-bond acceptors (Lipinski definition) is 3. The molecule has 0 aliphatic heterocycles. The monoisotopic (exact) mass is 278 g/mol.